The summed E-state index contributed by atoms with van der Waals surface area (Å²) in [7, 11) is 0. The van der Waals surface area contributed by atoms with Gasteiger partial charge in [0.25, 0.3) is 0 Å². The molecule has 1 aromatic heterocycles. The molecule has 0 saturated carbocycles. The van der Waals surface area contributed by atoms with E-state index in [1.807, 2.05) is 42.5 Å². The number of halogens is 2. The van der Waals surface area contributed by atoms with Crippen LogP contribution in [-0.4, -0.2) is 0 Å². The molecule has 0 bridgehead atoms. The Labute approximate surface area is 137 Å². The van der Waals surface area contributed by atoms with Crippen molar-refractivity contribution in [3.63, 3.8) is 0 Å². The Kier molecular flexibility index (Phi) is 4.07. The van der Waals surface area contributed by atoms with Crippen LogP contribution in [0.5, 0.6) is 0 Å². The number of fused-ring (bicyclic) bond motifs is 1. The number of aryl methyl sites for hydroxylation is 1. The molecular formula is C17H15BrClNO. The van der Waals surface area contributed by atoms with Crippen molar-refractivity contribution >= 4 is 38.5 Å². The Morgan fingerprint density at radius 1 is 1.24 bits per heavy atom. The average molecular weight is 365 g/mol. The molecule has 108 valence electrons. The normalized spacial score (nSPS) is 12.8. The maximum absolute atomic E-state index is 6.50. The average Bonchev–Trinajstić information content (AvgIpc) is 2.83. The molecule has 0 amide bonds. The lowest BCUT2D eigenvalue weighted by molar-refractivity contribution is 0.546. The molecule has 1 heterocycles. The van der Waals surface area contributed by atoms with E-state index in [1.165, 1.54) is 0 Å². The summed E-state index contributed by atoms with van der Waals surface area (Å²) in [6.07, 6.45) is 0.805. The summed E-state index contributed by atoms with van der Waals surface area (Å²) in [5, 5.41) is 1.73. The minimum Gasteiger partial charge on any atom is -0.461 e. The highest BCUT2D eigenvalue weighted by Gasteiger charge is 2.20. The van der Waals surface area contributed by atoms with Crippen LogP contribution >= 0.6 is 27.5 Å². The molecule has 0 fully saturated rings. The van der Waals surface area contributed by atoms with Crippen molar-refractivity contribution in [3.05, 3.63) is 68.8 Å². The van der Waals surface area contributed by atoms with Crippen LogP contribution in [-0.2, 0) is 6.42 Å². The van der Waals surface area contributed by atoms with Crippen molar-refractivity contribution in [1.29, 1.82) is 0 Å². The van der Waals surface area contributed by atoms with E-state index in [4.69, 9.17) is 21.8 Å². The Balaban J connectivity index is 2.18. The van der Waals surface area contributed by atoms with Gasteiger partial charge in [-0.25, -0.2) is 0 Å². The summed E-state index contributed by atoms with van der Waals surface area (Å²) in [5.74, 6) is 0.930. The first-order chi connectivity index (χ1) is 10.1. The van der Waals surface area contributed by atoms with E-state index in [1.54, 1.807) is 0 Å². The van der Waals surface area contributed by atoms with Crippen LogP contribution in [0.15, 0.2) is 51.4 Å². The predicted molar refractivity (Wildman–Crippen MR) is 90.8 cm³/mol. The molecule has 0 saturated heterocycles. The fourth-order valence-electron chi connectivity index (χ4n) is 2.64. The Morgan fingerprint density at radius 2 is 2.00 bits per heavy atom. The summed E-state index contributed by atoms with van der Waals surface area (Å²) in [6, 6.07) is 13.5. The lowest BCUT2D eigenvalue weighted by Crippen LogP contribution is -2.13. The molecule has 1 atom stereocenters. The zero-order chi connectivity index (χ0) is 15.0. The smallest absolute Gasteiger partial charge is 0.134 e. The Hall–Kier alpha value is -1.29. The summed E-state index contributed by atoms with van der Waals surface area (Å²) >= 11 is 9.60. The van der Waals surface area contributed by atoms with Gasteiger partial charge < -0.3 is 10.2 Å². The number of nitrogens with two attached hydrogens (primary N) is 1. The van der Waals surface area contributed by atoms with Crippen LogP contribution in [0.1, 0.15) is 29.9 Å². The lowest BCUT2D eigenvalue weighted by atomic mass is 9.96. The maximum atomic E-state index is 6.50. The van der Waals surface area contributed by atoms with Crippen LogP contribution in [0, 0.1) is 0 Å². The van der Waals surface area contributed by atoms with E-state index >= 15 is 0 Å². The minimum absolute atomic E-state index is 0.265. The van der Waals surface area contributed by atoms with Crippen molar-refractivity contribution in [2.45, 2.75) is 19.4 Å². The van der Waals surface area contributed by atoms with E-state index in [2.05, 4.69) is 22.9 Å². The van der Waals surface area contributed by atoms with Crippen LogP contribution in [0.2, 0.25) is 5.02 Å². The molecule has 2 nitrogen and oxygen atoms in total. The summed E-state index contributed by atoms with van der Waals surface area (Å²) in [6.45, 7) is 2.07. The van der Waals surface area contributed by atoms with Gasteiger partial charge in [-0.2, -0.15) is 0 Å². The molecule has 0 aliphatic heterocycles. The van der Waals surface area contributed by atoms with Gasteiger partial charge in [-0.3, -0.25) is 0 Å². The zero-order valence-electron chi connectivity index (χ0n) is 11.6. The molecular weight excluding hydrogens is 350 g/mol. The Morgan fingerprint density at radius 3 is 2.71 bits per heavy atom. The van der Waals surface area contributed by atoms with Gasteiger partial charge in [0.15, 0.2) is 0 Å². The van der Waals surface area contributed by atoms with Crippen molar-refractivity contribution < 1.29 is 4.42 Å². The van der Waals surface area contributed by atoms with Gasteiger partial charge in [-0.1, -0.05) is 52.7 Å². The topological polar surface area (TPSA) is 39.2 Å². The van der Waals surface area contributed by atoms with Crippen LogP contribution in [0.25, 0.3) is 11.0 Å². The van der Waals surface area contributed by atoms with Gasteiger partial charge in [-0.15, -0.1) is 0 Å². The molecule has 2 aromatic carbocycles. The fraction of sp³-hybridized carbons (Fsp3) is 0.176. The largest absolute Gasteiger partial charge is 0.461 e. The number of hydrogen-bond acceptors (Lipinski definition) is 2. The minimum atomic E-state index is -0.265. The van der Waals surface area contributed by atoms with Crippen LogP contribution in [0.4, 0.5) is 0 Å². The predicted octanol–water partition coefficient (Wildman–Crippen LogP) is 5.46. The standard InChI is InChI=1S/C17H15BrClNO/c1-2-14-16(13-5-3-4-6-15(13)21-14)17(20)10-7-11(18)9-12(19)8-10/h3-9,17H,2,20H2,1H3. The van der Waals surface area contributed by atoms with Gasteiger partial charge in [-0.05, 0) is 29.8 Å². The van der Waals surface area contributed by atoms with E-state index in [0.717, 1.165) is 38.7 Å². The van der Waals surface area contributed by atoms with Crippen molar-refractivity contribution in [2.75, 3.05) is 0 Å². The molecule has 21 heavy (non-hydrogen) atoms. The molecule has 0 radical (unpaired) electrons. The highest BCUT2D eigenvalue weighted by molar-refractivity contribution is 9.10. The molecule has 0 aliphatic carbocycles. The van der Waals surface area contributed by atoms with Crippen molar-refractivity contribution in [1.82, 2.24) is 0 Å². The quantitative estimate of drug-likeness (QED) is 0.670. The van der Waals surface area contributed by atoms with Crippen LogP contribution < -0.4 is 5.73 Å². The molecule has 3 aromatic rings. The lowest BCUT2D eigenvalue weighted by Gasteiger charge is -2.14. The number of benzene rings is 2. The van der Waals surface area contributed by atoms with Crippen LogP contribution in [0.3, 0.4) is 0 Å². The fourth-order valence-corrected chi connectivity index (χ4v) is 3.53. The molecule has 1 unspecified atom stereocenters. The monoisotopic (exact) mass is 363 g/mol. The first kappa shape index (κ1) is 14.6. The van der Waals surface area contributed by atoms with Crippen molar-refractivity contribution in [3.8, 4) is 0 Å². The second-order valence-corrected chi connectivity index (χ2v) is 6.32. The van der Waals surface area contributed by atoms with Gasteiger partial charge in [0.2, 0.25) is 0 Å². The second kappa shape index (κ2) is 5.84. The van der Waals surface area contributed by atoms with Gasteiger partial charge in [0, 0.05) is 26.9 Å². The Bertz CT molecular complexity index is 776. The summed E-state index contributed by atoms with van der Waals surface area (Å²) < 4.78 is 6.85. The third-order valence-electron chi connectivity index (χ3n) is 3.59. The van der Waals surface area contributed by atoms with Crippen molar-refractivity contribution in [2.24, 2.45) is 5.73 Å². The van der Waals surface area contributed by atoms with Gasteiger partial charge >= 0.3 is 0 Å². The molecule has 2 N–H and O–H groups in total. The summed E-state index contributed by atoms with van der Waals surface area (Å²) in [4.78, 5) is 0. The second-order valence-electron chi connectivity index (χ2n) is 4.97. The number of furan rings is 1. The third-order valence-corrected chi connectivity index (χ3v) is 4.26. The first-order valence-corrected chi connectivity index (χ1v) is 7.99. The first-order valence-electron chi connectivity index (χ1n) is 6.82. The molecule has 0 spiro atoms. The third kappa shape index (κ3) is 2.73. The number of rotatable bonds is 3. The summed E-state index contributed by atoms with van der Waals surface area (Å²) in [5.41, 5.74) is 9.39. The van der Waals surface area contributed by atoms with E-state index < -0.39 is 0 Å². The SMILES string of the molecule is CCc1oc2ccccc2c1C(N)c1cc(Cl)cc(Br)c1. The van der Waals surface area contributed by atoms with Gasteiger partial charge in [0.1, 0.15) is 11.3 Å². The highest BCUT2D eigenvalue weighted by Crippen LogP contribution is 2.35. The molecule has 3 rings (SSSR count). The highest BCUT2D eigenvalue weighted by atomic mass is 79.9. The zero-order valence-corrected chi connectivity index (χ0v) is 13.9. The molecule has 4 heteroatoms. The van der Waals surface area contributed by atoms with E-state index in [9.17, 15) is 0 Å². The molecule has 0 aliphatic rings. The maximum Gasteiger partial charge on any atom is 0.134 e. The number of hydrogen-bond donors (Lipinski definition) is 1. The van der Waals surface area contributed by atoms with E-state index in [0.29, 0.717) is 5.02 Å². The van der Waals surface area contributed by atoms with Gasteiger partial charge in [0.05, 0.1) is 6.04 Å². The van der Waals surface area contributed by atoms with E-state index in [-0.39, 0.29) is 6.04 Å². The number of para-hydroxylation sites is 1.